The Bertz CT molecular complexity index is 632. The number of ether oxygens (including phenoxy) is 1. The fourth-order valence-electron chi connectivity index (χ4n) is 2.42. The molecule has 6 nitrogen and oxygen atoms in total. The maximum Gasteiger partial charge on any atom is 0.573 e. The lowest BCUT2D eigenvalue weighted by atomic mass is 10.0. The number of aliphatic hydroxyl groups excluding tert-OH is 1. The van der Waals surface area contributed by atoms with Crippen molar-refractivity contribution in [2.45, 2.75) is 32.2 Å². The van der Waals surface area contributed by atoms with E-state index in [9.17, 15) is 22.8 Å². The van der Waals surface area contributed by atoms with Crippen LogP contribution in [0.5, 0.6) is 5.75 Å². The van der Waals surface area contributed by atoms with Crippen molar-refractivity contribution in [1.82, 2.24) is 5.32 Å². The summed E-state index contributed by atoms with van der Waals surface area (Å²) < 4.78 is 40.7. The van der Waals surface area contributed by atoms with Crippen molar-refractivity contribution in [1.29, 1.82) is 0 Å². The van der Waals surface area contributed by atoms with Crippen LogP contribution in [0.1, 0.15) is 18.9 Å². The smallest absolute Gasteiger partial charge is 0.406 e. The predicted molar refractivity (Wildman–Crippen MR) is 78.5 cm³/mol. The number of rotatable bonds is 3. The van der Waals surface area contributed by atoms with E-state index in [4.69, 9.17) is 5.11 Å². The standard InChI is InChI=1S/C15H17F3N2O4/c1-9(21)8-19-13(22)14(23)20-6-2-3-10-7-11(4-5-12(10)20)24-15(16,17)18/h4-5,7,9,21H,2-3,6,8H2,1H3,(H,19,22)/t9-/m0/s1. The Morgan fingerprint density at radius 3 is 2.75 bits per heavy atom. The summed E-state index contributed by atoms with van der Waals surface area (Å²) in [6.07, 6.45) is -4.60. The second-order valence-corrected chi connectivity index (χ2v) is 5.46. The van der Waals surface area contributed by atoms with E-state index in [1.165, 1.54) is 24.0 Å². The quantitative estimate of drug-likeness (QED) is 0.810. The molecule has 1 aromatic rings. The molecule has 0 fully saturated rings. The first-order chi connectivity index (χ1) is 11.2. The molecule has 1 aliphatic rings. The van der Waals surface area contributed by atoms with Gasteiger partial charge in [0.15, 0.2) is 0 Å². The molecule has 0 saturated heterocycles. The van der Waals surface area contributed by atoms with Gasteiger partial charge in [0.2, 0.25) is 0 Å². The van der Waals surface area contributed by atoms with E-state index in [-0.39, 0.29) is 18.8 Å². The Labute approximate surface area is 136 Å². The SMILES string of the molecule is C[C@H](O)CNC(=O)C(=O)N1CCCc2cc(OC(F)(F)F)ccc21. The largest absolute Gasteiger partial charge is 0.573 e. The summed E-state index contributed by atoms with van der Waals surface area (Å²) in [6.45, 7) is 1.68. The molecule has 24 heavy (non-hydrogen) atoms. The van der Waals surface area contributed by atoms with Crippen molar-refractivity contribution in [3.8, 4) is 5.75 Å². The molecular weight excluding hydrogens is 329 g/mol. The molecule has 1 atom stereocenters. The topological polar surface area (TPSA) is 78.9 Å². The van der Waals surface area contributed by atoms with Crippen LogP contribution < -0.4 is 15.0 Å². The van der Waals surface area contributed by atoms with Gasteiger partial charge in [-0.25, -0.2) is 0 Å². The third kappa shape index (κ3) is 4.60. The summed E-state index contributed by atoms with van der Waals surface area (Å²) in [7, 11) is 0. The minimum absolute atomic E-state index is 0.0658. The van der Waals surface area contributed by atoms with Gasteiger partial charge in [0, 0.05) is 18.8 Å². The number of nitrogens with zero attached hydrogens (tertiary/aromatic N) is 1. The van der Waals surface area contributed by atoms with E-state index < -0.39 is 24.3 Å². The highest BCUT2D eigenvalue weighted by Crippen LogP contribution is 2.32. The van der Waals surface area contributed by atoms with Gasteiger partial charge in [-0.05, 0) is 43.5 Å². The average Bonchev–Trinajstić information content (AvgIpc) is 2.49. The second kappa shape index (κ2) is 7.08. The van der Waals surface area contributed by atoms with Crippen LogP contribution in [0, 0.1) is 0 Å². The molecule has 2 amide bonds. The zero-order valence-electron chi connectivity index (χ0n) is 12.9. The van der Waals surface area contributed by atoms with Crippen LogP contribution in [-0.2, 0) is 16.0 Å². The molecule has 0 unspecified atom stereocenters. The second-order valence-electron chi connectivity index (χ2n) is 5.46. The van der Waals surface area contributed by atoms with Crippen LogP contribution in [-0.4, -0.2) is 42.5 Å². The normalized spacial score (nSPS) is 15.5. The van der Waals surface area contributed by atoms with E-state index >= 15 is 0 Å². The van der Waals surface area contributed by atoms with Crippen molar-refractivity contribution in [2.24, 2.45) is 0 Å². The predicted octanol–water partition coefficient (Wildman–Crippen LogP) is 1.36. The van der Waals surface area contributed by atoms with Crippen molar-refractivity contribution >= 4 is 17.5 Å². The first-order valence-corrected chi connectivity index (χ1v) is 7.34. The van der Waals surface area contributed by atoms with Crippen molar-refractivity contribution in [3.63, 3.8) is 0 Å². The number of halogens is 3. The Kier molecular flexibility index (Phi) is 5.33. The summed E-state index contributed by atoms with van der Waals surface area (Å²) in [5, 5.41) is 11.4. The van der Waals surface area contributed by atoms with E-state index in [2.05, 4.69) is 10.1 Å². The third-order valence-electron chi connectivity index (χ3n) is 3.40. The molecule has 132 valence electrons. The van der Waals surface area contributed by atoms with E-state index in [0.29, 0.717) is 24.1 Å². The van der Waals surface area contributed by atoms with Crippen LogP contribution in [0.4, 0.5) is 18.9 Å². The molecule has 1 aliphatic heterocycles. The minimum atomic E-state index is -4.79. The molecule has 9 heteroatoms. The molecule has 0 aliphatic carbocycles. The summed E-state index contributed by atoms with van der Waals surface area (Å²) in [5.74, 6) is -2.06. The maximum absolute atomic E-state index is 12.3. The number of fused-ring (bicyclic) bond motifs is 1. The highest BCUT2D eigenvalue weighted by atomic mass is 19.4. The summed E-state index contributed by atoms with van der Waals surface area (Å²) in [4.78, 5) is 25.2. The lowest BCUT2D eigenvalue weighted by Gasteiger charge is -2.29. The van der Waals surface area contributed by atoms with Crippen LogP contribution in [0.25, 0.3) is 0 Å². The monoisotopic (exact) mass is 346 g/mol. The number of carbonyl (C=O) groups is 2. The Balaban J connectivity index is 2.16. The lowest BCUT2D eigenvalue weighted by Crippen LogP contribution is -2.46. The number of amides is 2. The zero-order valence-corrected chi connectivity index (χ0v) is 12.9. The number of alkyl halides is 3. The molecule has 0 spiro atoms. The number of carbonyl (C=O) groups excluding carboxylic acids is 2. The molecule has 1 aromatic carbocycles. The maximum atomic E-state index is 12.3. The molecule has 1 heterocycles. The lowest BCUT2D eigenvalue weighted by molar-refractivity contribution is -0.274. The highest BCUT2D eigenvalue weighted by Gasteiger charge is 2.32. The van der Waals surface area contributed by atoms with Crippen LogP contribution in [0.2, 0.25) is 0 Å². The number of hydrogen-bond acceptors (Lipinski definition) is 4. The van der Waals surface area contributed by atoms with Crippen LogP contribution in [0.3, 0.4) is 0 Å². The van der Waals surface area contributed by atoms with Gasteiger partial charge < -0.3 is 20.1 Å². The number of aryl methyl sites for hydroxylation is 1. The summed E-state index contributed by atoms with van der Waals surface area (Å²) >= 11 is 0. The Morgan fingerprint density at radius 1 is 1.42 bits per heavy atom. The summed E-state index contributed by atoms with van der Waals surface area (Å²) in [6, 6.07) is 3.65. The zero-order chi connectivity index (χ0) is 17.9. The van der Waals surface area contributed by atoms with E-state index in [1.807, 2.05) is 0 Å². The van der Waals surface area contributed by atoms with E-state index in [0.717, 1.165) is 6.07 Å². The highest BCUT2D eigenvalue weighted by molar-refractivity contribution is 6.40. The van der Waals surface area contributed by atoms with E-state index in [1.54, 1.807) is 0 Å². The van der Waals surface area contributed by atoms with Gasteiger partial charge in [0.05, 0.1) is 6.10 Å². The molecule has 2 rings (SSSR count). The molecular formula is C15H17F3N2O4. The Hall–Kier alpha value is -2.29. The fourth-order valence-corrected chi connectivity index (χ4v) is 2.42. The number of anilines is 1. The minimum Gasteiger partial charge on any atom is -0.406 e. The molecule has 0 radical (unpaired) electrons. The van der Waals surface area contributed by atoms with Gasteiger partial charge in [0.25, 0.3) is 0 Å². The van der Waals surface area contributed by atoms with Crippen LogP contribution >= 0.6 is 0 Å². The van der Waals surface area contributed by atoms with Gasteiger partial charge in [-0.2, -0.15) is 0 Å². The van der Waals surface area contributed by atoms with Crippen molar-refractivity contribution in [2.75, 3.05) is 18.0 Å². The van der Waals surface area contributed by atoms with Gasteiger partial charge in [-0.3, -0.25) is 9.59 Å². The van der Waals surface area contributed by atoms with Gasteiger partial charge >= 0.3 is 18.2 Å². The van der Waals surface area contributed by atoms with Crippen LogP contribution in [0.15, 0.2) is 18.2 Å². The Morgan fingerprint density at radius 2 is 2.12 bits per heavy atom. The number of hydrogen-bond donors (Lipinski definition) is 2. The molecule has 2 N–H and O–H groups in total. The van der Waals surface area contributed by atoms with Crippen molar-refractivity contribution in [3.05, 3.63) is 23.8 Å². The molecule has 0 saturated carbocycles. The fraction of sp³-hybridized carbons (Fsp3) is 0.467. The van der Waals surface area contributed by atoms with Gasteiger partial charge in [-0.15, -0.1) is 13.2 Å². The third-order valence-corrected chi connectivity index (χ3v) is 3.40. The summed E-state index contributed by atoms with van der Waals surface area (Å²) in [5.41, 5.74) is 0.882. The molecule has 0 aromatic heterocycles. The molecule has 0 bridgehead atoms. The van der Waals surface area contributed by atoms with Gasteiger partial charge in [0.1, 0.15) is 5.75 Å². The number of nitrogens with one attached hydrogen (secondary N) is 1. The first-order valence-electron chi connectivity index (χ1n) is 7.34. The van der Waals surface area contributed by atoms with Gasteiger partial charge in [-0.1, -0.05) is 0 Å². The average molecular weight is 346 g/mol. The van der Waals surface area contributed by atoms with Crippen molar-refractivity contribution < 1.29 is 32.6 Å². The first kappa shape index (κ1) is 18.1. The number of benzene rings is 1. The number of aliphatic hydroxyl groups is 1.